The smallest absolute Gasteiger partial charge is 0.209 e. The number of piperidine rings is 1. The fraction of sp³-hybridized carbons (Fsp3) is 0.909. The van der Waals surface area contributed by atoms with Crippen LogP contribution in [0.25, 0.3) is 0 Å². The van der Waals surface area contributed by atoms with Crippen molar-refractivity contribution < 1.29 is 4.79 Å². The standard InChI is InChI=1S/C11H20N2O/c1-11(4-6-12-7-5-11)10-3-2-8-13(10)9-14/h9-10,12H,2-8H2,1H3. The number of rotatable bonds is 2. The van der Waals surface area contributed by atoms with Gasteiger partial charge in [0.2, 0.25) is 6.41 Å². The van der Waals surface area contributed by atoms with Crippen LogP contribution in [0.1, 0.15) is 32.6 Å². The molecule has 80 valence electrons. The van der Waals surface area contributed by atoms with Crippen LogP contribution in [0, 0.1) is 5.41 Å². The van der Waals surface area contributed by atoms with Crippen LogP contribution in [0.3, 0.4) is 0 Å². The molecule has 2 aliphatic heterocycles. The Bertz CT molecular complexity index is 211. The van der Waals surface area contributed by atoms with Crippen LogP contribution in [-0.2, 0) is 4.79 Å². The van der Waals surface area contributed by atoms with Gasteiger partial charge < -0.3 is 10.2 Å². The lowest BCUT2D eigenvalue weighted by molar-refractivity contribution is -0.121. The van der Waals surface area contributed by atoms with Crippen LogP contribution in [0.4, 0.5) is 0 Å². The molecule has 0 spiro atoms. The van der Waals surface area contributed by atoms with Crippen molar-refractivity contribution in [1.82, 2.24) is 10.2 Å². The summed E-state index contributed by atoms with van der Waals surface area (Å²) in [7, 11) is 0. The molecule has 0 saturated carbocycles. The van der Waals surface area contributed by atoms with E-state index in [2.05, 4.69) is 12.2 Å². The predicted octanol–water partition coefficient (Wildman–Crippen LogP) is 0.997. The highest BCUT2D eigenvalue weighted by atomic mass is 16.1. The van der Waals surface area contributed by atoms with Gasteiger partial charge in [-0.1, -0.05) is 6.92 Å². The van der Waals surface area contributed by atoms with E-state index in [1.807, 2.05) is 4.90 Å². The normalized spacial score (nSPS) is 31.8. The molecule has 2 fully saturated rings. The van der Waals surface area contributed by atoms with Crippen molar-refractivity contribution in [3.8, 4) is 0 Å². The first-order valence-electron chi connectivity index (χ1n) is 5.68. The number of carbonyl (C=O) groups excluding carboxylic acids is 1. The minimum absolute atomic E-state index is 0.364. The number of likely N-dealkylation sites (tertiary alicyclic amines) is 1. The molecule has 0 radical (unpaired) electrons. The van der Waals surface area contributed by atoms with Crippen molar-refractivity contribution in [2.24, 2.45) is 5.41 Å². The molecule has 0 aromatic heterocycles. The third-order valence-corrected chi connectivity index (χ3v) is 3.98. The molecule has 3 nitrogen and oxygen atoms in total. The van der Waals surface area contributed by atoms with E-state index in [4.69, 9.17) is 0 Å². The first-order valence-corrected chi connectivity index (χ1v) is 5.68. The van der Waals surface area contributed by atoms with Gasteiger partial charge in [-0.25, -0.2) is 0 Å². The fourth-order valence-corrected chi connectivity index (χ4v) is 2.99. The summed E-state index contributed by atoms with van der Waals surface area (Å²) in [6.07, 6.45) is 5.86. The minimum atomic E-state index is 0.364. The van der Waals surface area contributed by atoms with Gasteiger partial charge in [0.05, 0.1) is 0 Å². The van der Waals surface area contributed by atoms with Crippen LogP contribution in [-0.4, -0.2) is 37.0 Å². The molecule has 0 aromatic rings. The molecule has 2 rings (SSSR count). The van der Waals surface area contributed by atoms with Crippen LogP contribution in [0.2, 0.25) is 0 Å². The number of amides is 1. The summed E-state index contributed by atoms with van der Waals surface area (Å²) in [5.74, 6) is 0. The van der Waals surface area contributed by atoms with Gasteiger partial charge in [-0.05, 0) is 44.2 Å². The second-order valence-corrected chi connectivity index (χ2v) is 4.91. The fourth-order valence-electron chi connectivity index (χ4n) is 2.99. The van der Waals surface area contributed by atoms with Crippen molar-refractivity contribution in [3.63, 3.8) is 0 Å². The molecule has 1 atom stereocenters. The summed E-state index contributed by atoms with van der Waals surface area (Å²) in [4.78, 5) is 12.9. The Balaban J connectivity index is 2.07. The second-order valence-electron chi connectivity index (χ2n) is 4.91. The third-order valence-electron chi connectivity index (χ3n) is 3.98. The quantitative estimate of drug-likeness (QED) is 0.668. The minimum Gasteiger partial charge on any atom is -0.342 e. The maximum atomic E-state index is 10.9. The monoisotopic (exact) mass is 196 g/mol. The van der Waals surface area contributed by atoms with E-state index in [-0.39, 0.29) is 0 Å². The van der Waals surface area contributed by atoms with E-state index >= 15 is 0 Å². The maximum Gasteiger partial charge on any atom is 0.209 e. The lowest BCUT2D eigenvalue weighted by atomic mass is 9.73. The Kier molecular flexibility index (Phi) is 2.77. The molecule has 1 amide bonds. The Hall–Kier alpha value is -0.570. The number of nitrogens with zero attached hydrogens (tertiary/aromatic N) is 1. The molecule has 14 heavy (non-hydrogen) atoms. The molecule has 0 aromatic carbocycles. The van der Waals surface area contributed by atoms with Gasteiger partial charge in [0.1, 0.15) is 0 Å². The molecule has 1 unspecified atom stereocenters. The molecular formula is C11H20N2O. The molecule has 1 N–H and O–H groups in total. The Morgan fingerprint density at radius 3 is 2.79 bits per heavy atom. The summed E-state index contributed by atoms with van der Waals surface area (Å²) in [5, 5.41) is 3.39. The van der Waals surface area contributed by atoms with Crippen molar-refractivity contribution in [2.75, 3.05) is 19.6 Å². The highest BCUT2D eigenvalue weighted by molar-refractivity contribution is 5.48. The molecule has 2 heterocycles. The van der Waals surface area contributed by atoms with Gasteiger partial charge in [0, 0.05) is 12.6 Å². The summed E-state index contributed by atoms with van der Waals surface area (Å²) >= 11 is 0. The Labute approximate surface area is 85.8 Å². The SMILES string of the molecule is CC1(C2CCCN2C=O)CCNCC1. The highest BCUT2D eigenvalue weighted by Crippen LogP contribution is 2.39. The van der Waals surface area contributed by atoms with Crippen LogP contribution < -0.4 is 5.32 Å². The average Bonchev–Trinajstić information content (AvgIpc) is 2.67. The molecule has 2 aliphatic rings. The lowest BCUT2D eigenvalue weighted by Gasteiger charge is -2.42. The summed E-state index contributed by atoms with van der Waals surface area (Å²) in [6.45, 7) is 5.54. The maximum absolute atomic E-state index is 10.9. The topological polar surface area (TPSA) is 32.3 Å². The van der Waals surface area contributed by atoms with E-state index in [1.54, 1.807) is 0 Å². The average molecular weight is 196 g/mol. The number of carbonyl (C=O) groups is 1. The summed E-state index contributed by atoms with van der Waals surface area (Å²) in [6, 6.07) is 0.502. The third kappa shape index (κ3) is 1.65. The van der Waals surface area contributed by atoms with E-state index in [1.165, 1.54) is 25.7 Å². The van der Waals surface area contributed by atoms with Crippen molar-refractivity contribution in [2.45, 2.75) is 38.6 Å². The van der Waals surface area contributed by atoms with E-state index in [9.17, 15) is 4.79 Å². The zero-order valence-corrected chi connectivity index (χ0v) is 8.96. The van der Waals surface area contributed by atoms with E-state index < -0.39 is 0 Å². The number of nitrogens with one attached hydrogen (secondary N) is 1. The Morgan fingerprint density at radius 2 is 2.14 bits per heavy atom. The van der Waals surface area contributed by atoms with Crippen LogP contribution >= 0.6 is 0 Å². The molecule has 3 heteroatoms. The largest absolute Gasteiger partial charge is 0.342 e. The van der Waals surface area contributed by atoms with Crippen LogP contribution in [0.15, 0.2) is 0 Å². The first kappa shape index (κ1) is 9.97. The van der Waals surface area contributed by atoms with Crippen molar-refractivity contribution >= 4 is 6.41 Å². The van der Waals surface area contributed by atoms with E-state index in [0.717, 1.165) is 26.0 Å². The Morgan fingerprint density at radius 1 is 1.43 bits per heavy atom. The summed E-state index contributed by atoms with van der Waals surface area (Å²) in [5.41, 5.74) is 0.364. The highest BCUT2D eigenvalue weighted by Gasteiger charge is 2.40. The molecule has 0 aliphatic carbocycles. The van der Waals surface area contributed by atoms with Gasteiger partial charge in [0.15, 0.2) is 0 Å². The number of hydrogen-bond donors (Lipinski definition) is 1. The molecular weight excluding hydrogens is 176 g/mol. The van der Waals surface area contributed by atoms with Gasteiger partial charge in [0.25, 0.3) is 0 Å². The van der Waals surface area contributed by atoms with Gasteiger partial charge >= 0.3 is 0 Å². The molecule has 0 bridgehead atoms. The second kappa shape index (κ2) is 3.89. The van der Waals surface area contributed by atoms with E-state index in [0.29, 0.717) is 11.5 Å². The van der Waals surface area contributed by atoms with Gasteiger partial charge in [-0.15, -0.1) is 0 Å². The predicted molar refractivity (Wildman–Crippen MR) is 56.0 cm³/mol. The molecule has 2 saturated heterocycles. The number of hydrogen-bond acceptors (Lipinski definition) is 2. The van der Waals surface area contributed by atoms with Crippen molar-refractivity contribution in [3.05, 3.63) is 0 Å². The lowest BCUT2D eigenvalue weighted by Crippen LogP contribution is -2.47. The zero-order chi connectivity index (χ0) is 10.0. The first-order chi connectivity index (χ1) is 6.76. The van der Waals surface area contributed by atoms with Gasteiger partial charge in [-0.3, -0.25) is 4.79 Å². The van der Waals surface area contributed by atoms with Crippen molar-refractivity contribution in [1.29, 1.82) is 0 Å². The van der Waals surface area contributed by atoms with Gasteiger partial charge in [-0.2, -0.15) is 0 Å². The van der Waals surface area contributed by atoms with Crippen LogP contribution in [0.5, 0.6) is 0 Å². The summed E-state index contributed by atoms with van der Waals surface area (Å²) < 4.78 is 0. The zero-order valence-electron chi connectivity index (χ0n) is 8.96.